The lowest BCUT2D eigenvalue weighted by Crippen LogP contribution is -2.47. The first kappa shape index (κ1) is 16.1. The number of hydrogen-bond acceptors (Lipinski definition) is 4. The lowest BCUT2D eigenvalue weighted by Gasteiger charge is -2.28. The van der Waals surface area contributed by atoms with Crippen LogP contribution in [0.5, 0.6) is 0 Å². The average Bonchev–Trinajstić information content (AvgIpc) is 1.98. The molecule has 1 N–H and O–H groups in total. The van der Waals surface area contributed by atoms with E-state index < -0.39 is 30.5 Å². The molecule has 98 valence electrons. The lowest BCUT2D eigenvalue weighted by molar-refractivity contribution is 0.391. The van der Waals surface area contributed by atoms with Crippen LogP contribution in [0.3, 0.4) is 0 Å². The van der Waals surface area contributed by atoms with Gasteiger partial charge in [-0.3, -0.25) is 0 Å². The van der Waals surface area contributed by atoms with Gasteiger partial charge in [-0.2, -0.15) is 0 Å². The molecule has 0 fully saturated rings. The Morgan fingerprint density at radius 1 is 1.25 bits per heavy atom. The highest BCUT2D eigenvalue weighted by Gasteiger charge is 2.29. The maximum atomic E-state index is 11.6. The van der Waals surface area contributed by atoms with Gasteiger partial charge in [-0.25, -0.2) is 21.6 Å². The number of rotatable bonds is 7. The molecule has 0 aliphatic heterocycles. The number of alkyl halides is 1. The van der Waals surface area contributed by atoms with Crippen LogP contribution in [0, 0.1) is 0 Å². The molecule has 0 rings (SSSR count). The fourth-order valence-electron chi connectivity index (χ4n) is 1.20. The van der Waals surface area contributed by atoms with Gasteiger partial charge in [0.25, 0.3) is 0 Å². The van der Waals surface area contributed by atoms with Crippen molar-refractivity contribution in [2.24, 2.45) is 0 Å². The molecule has 0 bridgehead atoms. The number of nitrogens with one attached hydrogen (secondary N) is 1. The van der Waals surface area contributed by atoms with Crippen LogP contribution < -0.4 is 4.72 Å². The molecule has 0 aromatic rings. The maximum Gasteiger partial charge on any atom is 0.226 e. The molecule has 0 radical (unpaired) electrons. The van der Waals surface area contributed by atoms with Crippen molar-refractivity contribution < 1.29 is 16.8 Å². The topological polar surface area (TPSA) is 80.3 Å². The number of hydrogen-bond donors (Lipinski definition) is 1. The summed E-state index contributed by atoms with van der Waals surface area (Å²) >= 11 is 5.57. The SMILES string of the molecule is CCC(C)(CCCl)NS(=O)(=O)CS(C)(=O)=O. The monoisotopic (exact) mass is 291 g/mol. The molecular weight excluding hydrogens is 274 g/mol. The van der Waals surface area contributed by atoms with E-state index in [4.69, 9.17) is 11.6 Å². The molecule has 0 aromatic heterocycles. The molecule has 16 heavy (non-hydrogen) atoms. The van der Waals surface area contributed by atoms with Crippen LogP contribution in [0.25, 0.3) is 0 Å². The third kappa shape index (κ3) is 6.67. The van der Waals surface area contributed by atoms with Crippen molar-refractivity contribution in [2.75, 3.05) is 17.2 Å². The Balaban J connectivity index is 4.82. The molecule has 0 saturated carbocycles. The zero-order valence-electron chi connectivity index (χ0n) is 9.66. The summed E-state index contributed by atoms with van der Waals surface area (Å²) in [7, 11) is -7.39. The van der Waals surface area contributed by atoms with Gasteiger partial charge in [0, 0.05) is 17.7 Å². The first-order chi connectivity index (χ1) is 7.04. The molecule has 0 saturated heterocycles. The number of halogens is 1. The second kappa shape index (κ2) is 5.66. The van der Waals surface area contributed by atoms with Gasteiger partial charge in [-0.15, -0.1) is 11.6 Å². The van der Waals surface area contributed by atoms with E-state index in [1.807, 2.05) is 6.92 Å². The Hall–Kier alpha value is 0.150. The zero-order chi connectivity index (χ0) is 13.0. The summed E-state index contributed by atoms with van der Waals surface area (Å²) in [6.45, 7) is 3.52. The highest BCUT2D eigenvalue weighted by Crippen LogP contribution is 2.17. The van der Waals surface area contributed by atoms with E-state index in [2.05, 4.69) is 4.72 Å². The molecule has 0 heterocycles. The van der Waals surface area contributed by atoms with Gasteiger partial charge in [0.15, 0.2) is 14.9 Å². The highest BCUT2D eigenvalue weighted by atomic mass is 35.5. The Morgan fingerprint density at radius 3 is 2.06 bits per heavy atom. The zero-order valence-corrected chi connectivity index (χ0v) is 12.0. The van der Waals surface area contributed by atoms with Gasteiger partial charge in [0.1, 0.15) is 0 Å². The largest absolute Gasteiger partial charge is 0.228 e. The summed E-state index contributed by atoms with van der Waals surface area (Å²) in [4.78, 5) is 0. The van der Waals surface area contributed by atoms with Crippen LogP contribution >= 0.6 is 11.6 Å². The fourth-order valence-corrected chi connectivity index (χ4v) is 5.10. The van der Waals surface area contributed by atoms with Gasteiger partial charge in [-0.05, 0) is 19.8 Å². The molecule has 0 aliphatic rings. The van der Waals surface area contributed by atoms with E-state index in [-0.39, 0.29) is 0 Å². The van der Waals surface area contributed by atoms with Crippen molar-refractivity contribution in [3.8, 4) is 0 Å². The van der Waals surface area contributed by atoms with Gasteiger partial charge in [-0.1, -0.05) is 6.92 Å². The highest BCUT2D eigenvalue weighted by molar-refractivity contribution is 8.06. The van der Waals surface area contributed by atoms with E-state index >= 15 is 0 Å². The van der Waals surface area contributed by atoms with Crippen molar-refractivity contribution in [1.29, 1.82) is 0 Å². The molecule has 1 atom stereocenters. The fraction of sp³-hybridized carbons (Fsp3) is 1.00. The van der Waals surface area contributed by atoms with Crippen LogP contribution in [0.1, 0.15) is 26.7 Å². The first-order valence-electron chi connectivity index (χ1n) is 4.79. The minimum atomic E-state index is -3.83. The summed E-state index contributed by atoms with van der Waals surface area (Å²) in [6.07, 6.45) is 1.88. The molecular formula is C8H18ClNO4S2. The Kier molecular flexibility index (Phi) is 5.71. The summed E-state index contributed by atoms with van der Waals surface area (Å²) in [5, 5.41) is -0.891. The molecule has 1 unspecified atom stereocenters. The summed E-state index contributed by atoms with van der Waals surface area (Å²) in [5.41, 5.74) is -0.689. The van der Waals surface area contributed by atoms with Gasteiger partial charge >= 0.3 is 0 Å². The van der Waals surface area contributed by atoms with Crippen LogP contribution in [0.2, 0.25) is 0 Å². The minimum absolute atomic E-state index is 0.311. The third-order valence-electron chi connectivity index (χ3n) is 2.20. The van der Waals surface area contributed by atoms with E-state index in [9.17, 15) is 16.8 Å². The van der Waals surface area contributed by atoms with Crippen molar-refractivity contribution in [2.45, 2.75) is 32.2 Å². The summed E-state index contributed by atoms with van der Waals surface area (Å²) < 4.78 is 47.4. The van der Waals surface area contributed by atoms with Crippen LogP contribution in [-0.2, 0) is 19.9 Å². The quantitative estimate of drug-likeness (QED) is 0.700. The van der Waals surface area contributed by atoms with E-state index in [1.165, 1.54) is 0 Å². The second-order valence-corrected chi connectivity index (χ2v) is 8.72. The lowest BCUT2D eigenvalue weighted by atomic mass is 9.97. The molecule has 0 spiro atoms. The Bertz CT molecular complexity index is 417. The van der Waals surface area contributed by atoms with Crippen LogP contribution in [0.4, 0.5) is 0 Å². The average molecular weight is 292 g/mol. The second-order valence-electron chi connectivity index (χ2n) is 4.11. The molecule has 0 aliphatic carbocycles. The number of sulfone groups is 1. The van der Waals surface area contributed by atoms with E-state index in [0.29, 0.717) is 18.7 Å². The van der Waals surface area contributed by atoms with Gasteiger partial charge in [0.05, 0.1) is 0 Å². The Morgan fingerprint density at radius 2 is 1.75 bits per heavy atom. The predicted molar refractivity (Wildman–Crippen MR) is 65.8 cm³/mol. The molecule has 8 heteroatoms. The predicted octanol–water partition coefficient (Wildman–Crippen LogP) is 0.706. The smallest absolute Gasteiger partial charge is 0.226 e. The molecule has 0 amide bonds. The summed E-state index contributed by atoms with van der Waals surface area (Å²) in [5.74, 6) is 0.311. The van der Waals surface area contributed by atoms with Crippen molar-refractivity contribution >= 4 is 31.5 Å². The van der Waals surface area contributed by atoms with E-state index in [1.54, 1.807) is 6.92 Å². The van der Waals surface area contributed by atoms with Crippen LogP contribution in [-0.4, -0.2) is 39.6 Å². The maximum absolute atomic E-state index is 11.6. The van der Waals surface area contributed by atoms with Gasteiger partial charge in [0.2, 0.25) is 10.0 Å². The van der Waals surface area contributed by atoms with E-state index in [0.717, 1.165) is 6.26 Å². The normalized spacial score (nSPS) is 17.0. The van der Waals surface area contributed by atoms with Crippen molar-refractivity contribution in [3.63, 3.8) is 0 Å². The molecule has 5 nitrogen and oxygen atoms in total. The van der Waals surface area contributed by atoms with Crippen LogP contribution in [0.15, 0.2) is 0 Å². The number of sulfonamides is 1. The minimum Gasteiger partial charge on any atom is -0.228 e. The standard InChI is InChI=1S/C8H18ClNO4S2/c1-4-8(2,5-6-9)10-16(13,14)7-15(3,11)12/h10H,4-7H2,1-3H3. The molecule has 0 aromatic carbocycles. The first-order valence-corrected chi connectivity index (χ1v) is 9.04. The van der Waals surface area contributed by atoms with Crippen molar-refractivity contribution in [3.05, 3.63) is 0 Å². The third-order valence-corrected chi connectivity index (χ3v) is 6.14. The Labute approximate surface area is 103 Å². The summed E-state index contributed by atoms with van der Waals surface area (Å²) in [6, 6.07) is 0. The van der Waals surface area contributed by atoms with Gasteiger partial charge < -0.3 is 0 Å². The van der Waals surface area contributed by atoms with Crippen molar-refractivity contribution in [1.82, 2.24) is 4.72 Å².